The van der Waals surface area contributed by atoms with Crippen LogP contribution in [0.1, 0.15) is 25.8 Å². The Morgan fingerprint density at radius 2 is 2.19 bits per heavy atom. The van der Waals surface area contributed by atoms with Crippen molar-refractivity contribution >= 4 is 23.2 Å². The molecule has 0 aliphatic carbocycles. The van der Waals surface area contributed by atoms with E-state index in [2.05, 4.69) is 5.32 Å². The van der Waals surface area contributed by atoms with E-state index in [-0.39, 0.29) is 30.3 Å². The second-order valence-corrected chi connectivity index (χ2v) is 5.90. The van der Waals surface area contributed by atoms with Gasteiger partial charge in [-0.25, -0.2) is 0 Å². The van der Waals surface area contributed by atoms with Gasteiger partial charge in [0, 0.05) is 42.8 Å². The van der Waals surface area contributed by atoms with Gasteiger partial charge in [0.25, 0.3) is 0 Å². The lowest BCUT2D eigenvalue weighted by atomic mass is 10.1. The van der Waals surface area contributed by atoms with E-state index in [4.69, 9.17) is 0 Å². The summed E-state index contributed by atoms with van der Waals surface area (Å²) in [5.74, 6) is -0.136. The maximum Gasteiger partial charge on any atom is 0.227 e. The minimum Gasteiger partial charge on any atom is -0.396 e. The van der Waals surface area contributed by atoms with Crippen LogP contribution < -0.4 is 10.2 Å². The summed E-state index contributed by atoms with van der Waals surface area (Å²) in [6.07, 6.45) is 0.374. The van der Waals surface area contributed by atoms with Gasteiger partial charge in [0.2, 0.25) is 11.8 Å². The number of rotatable bonds is 4. The SMILES string of the molecule is Cc1ccc(NC(=O)C(C)C)cc1N1CC(CO)CC1=O. The third-order valence-corrected chi connectivity index (χ3v) is 3.76. The van der Waals surface area contributed by atoms with E-state index >= 15 is 0 Å². The van der Waals surface area contributed by atoms with Gasteiger partial charge in [0.15, 0.2) is 0 Å². The van der Waals surface area contributed by atoms with Crippen LogP contribution in [0.15, 0.2) is 18.2 Å². The minimum absolute atomic E-state index is 0.00851. The molecule has 0 aromatic heterocycles. The average Bonchev–Trinajstić information content (AvgIpc) is 2.82. The zero-order valence-electron chi connectivity index (χ0n) is 12.7. The number of amides is 2. The molecular weight excluding hydrogens is 268 g/mol. The molecule has 0 bridgehead atoms. The van der Waals surface area contributed by atoms with Crippen LogP contribution in [0.4, 0.5) is 11.4 Å². The summed E-state index contributed by atoms with van der Waals surface area (Å²) < 4.78 is 0. The third-order valence-electron chi connectivity index (χ3n) is 3.76. The number of nitrogens with zero attached hydrogens (tertiary/aromatic N) is 1. The summed E-state index contributed by atoms with van der Waals surface area (Å²) >= 11 is 0. The lowest BCUT2D eigenvalue weighted by Gasteiger charge is -2.20. The molecule has 0 radical (unpaired) electrons. The van der Waals surface area contributed by atoms with E-state index in [1.165, 1.54) is 0 Å². The molecule has 1 aliphatic rings. The van der Waals surface area contributed by atoms with Crippen LogP contribution in [0, 0.1) is 18.8 Å². The Hall–Kier alpha value is -1.88. The molecule has 1 aromatic rings. The second-order valence-electron chi connectivity index (χ2n) is 5.90. The van der Waals surface area contributed by atoms with Crippen LogP contribution in [0.2, 0.25) is 0 Å². The predicted molar refractivity (Wildman–Crippen MR) is 82.2 cm³/mol. The number of aliphatic hydroxyl groups is 1. The number of aliphatic hydroxyl groups excluding tert-OH is 1. The van der Waals surface area contributed by atoms with Gasteiger partial charge < -0.3 is 15.3 Å². The summed E-state index contributed by atoms with van der Waals surface area (Å²) in [5.41, 5.74) is 2.47. The molecule has 114 valence electrons. The van der Waals surface area contributed by atoms with Crippen molar-refractivity contribution in [2.45, 2.75) is 27.2 Å². The fourth-order valence-electron chi connectivity index (χ4n) is 2.40. The summed E-state index contributed by atoms with van der Waals surface area (Å²) in [5, 5.41) is 12.1. The van der Waals surface area contributed by atoms with Crippen LogP contribution in [-0.4, -0.2) is 30.1 Å². The van der Waals surface area contributed by atoms with Crippen molar-refractivity contribution < 1.29 is 14.7 Å². The molecule has 1 unspecified atom stereocenters. The van der Waals surface area contributed by atoms with Crippen LogP contribution >= 0.6 is 0 Å². The Morgan fingerprint density at radius 3 is 2.76 bits per heavy atom. The van der Waals surface area contributed by atoms with Crippen molar-refractivity contribution in [2.75, 3.05) is 23.4 Å². The summed E-state index contributed by atoms with van der Waals surface area (Å²) in [6.45, 7) is 6.15. The van der Waals surface area contributed by atoms with Gasteiger partial charge >= 0.3 is 0 Å². The lowest BCUT2D eigenvalue weighted by Crippen LogP contribution is -2.26. The van der Waals surface area contributed by atoms with Gasteiger partial charge in [-0.3, -0.25) is 9.59 Å². The number of carbonyl (C=O) groups excluding carboxylic acids is 2. The molecule has 1 atom stereocenters. The molecule has 1 saturated heterocycles. The zero-order valence-corrected chi connectivity index (χ0v) is 12.7. The molecule has 1 aliphatic heterocycles. The molecule has 0 saturated carbocycles. The Bertz CT molecular complexity index is 554. The molecule has 5 heteroatoms. The maximum absolute atomic E-state index is 12.1. The van der Waals surface area contributed by atoms with Crippen molar-refractivity contribution in [2.24, 2.45) is 11.8 Å². The van der Waals surface area contributed by atoms with E-state index < -0.39 is 0 Å². The van der Waals surface area contributed by atoms with Crippen LogP contribution in [0.25, 0.3) is 0 Å². The molecule has 0 spiro atoms. The van der Waals surface area contributed by atoms with Crippen molar-refractivity contribution in [1.82, 2.24) is 0 Å². The lowest BCUT2D eigenvalue weighted by molar-refractivity contribution is -0.119. The topological polar surface area (TPSA) is 69.6 Å². The van der Waals surface area contributed by atoms with E-state index in [1.54, 1.807) is 4.90 Å². The number of anilines is 2. The Morgan fingerprint density at radius 1 is 1.48 bits per heavy atom. The predicted octanol–water partition coefficient (Wildman–Crippen LogP) is 1.93. The fourth-order valence-corrected chi connectivity index (χ4v) is 2.40. The first-order valence-electron chi connectivity index (χ1n) is 7.25. The van der Waals surface area contributed by atoms with Crippen LogP contribution in [-0.2, 0) is 9.59 Å². The van der Waals surface area contributed by atoms with Gasteiger partial charge in [-0.2, -0.15) is 0 Å². The monoisotopic (exact) mass is 290 g/mol. The quantitative estimate of drug-likeness (QED) is 0.890. The molecule has 2 rings (SSSR count). The molecule has 1 aromatic carbocycles. The van der Waals surface area contributed by atoms with Crippen molar-refractivity contribution in [1.29, 1.82) is 0 Å². The van der Waals surface area contributed by atoms with Gasteiger partial charge in [-0.05, 0) is 24.6 Å². The normalized spacial score (nSPS) is 18.4. The molecule has 2 amide bonds. The first-order valence-corrected chi connectivity index (χ1v) is 7.25. The Balaban J connectivity index is 2.23. The molecule has 5 nitrogen and oxygen atoms in total. The summed E-state index contributed by atoms with van der Waals surface area (Å²) in [6, 6.07) is 5.56. The number of aryl methyl sites for hydroxylation is 1. The van der Waals surface area contributed by atoms with Crippen molar-refractivity contribution in [3.8, 4) is 0 Å². The van der Waals surface area contributed by atoms with Gasteiger partial charge in [0.1, 0.15) is 0 Å². The minimum atomic E-state index is -0.0954. The smallest absolute Gasteiger partial charge is 0.227 e. The highest BCUT2D eigenvalue weighted by Crippen LogP contribution is 2.30. The van der Waals surface area contributed by atoms with Crippen LogP contribution in [0.5, 0.6) is 0 Å². The highest BCUT2D eigenvalue weighted by molar-refractivity contribution is 5.98. The van der Waals surface area contributed by atoms with Gasteiger partial charge in [0.05, 0.1) is 0 Å². The van der Waals surface area contributed by atoms with Gasteiger partial charge in [-0.15, -0.1) is 0 Å². The number of hydrogen-bond acceptors (Lipinski definition) is 3. The highest BCUT2D eigenvalue weighted by Gasteiger charge is 2.30. The first kappa shape index (κ1) is 15.5. The summed E-state index contributed by atoms with van der Waals surface area (Å²) in [7, 11) is 0. The van der Waals surface area contributed by atoms with Gasteiger partial charge in [-0.1, -0.05) is 19.9 Å². The van der Waals surface area contributed by atoms with E-state index in [0.717, 1.165) is 11.3 Å². The van der Waals surface area contributed by atoms with E-state index in [9.17, 15) is 14.7 Å². The third kappa shape index (κ3) is 3.42. The van der Waals surface area contributed by atoms with Crippen molar-refractivity contribution in [3.05, 3.63) is 23.8 Å². The van der Waals surface area contributed by atoms with E-state index in [0.29, 0.717) is 18.7 Å². The molecule has 21 heavy (non-hydrogen) atoms. The number of benzene rings is 1. The second kappa shape index (κ2) is 6.26. The fraction of sp³-hybridized carbons (Fsp3) is 0.500. The Labute approximate surface area is 125 Å². The molecule has 1 fully saturated rings. The first-order chi connectivity index (χ1) is 9.92. The molecule has 2 N–H and O–H groups in total. The number of nitrogens with one attached hydrogen (secondary N) is 1. The molecular formula is C16H22N2O3. The maximum atomic E-state index is 12.1. The van der Waals surface area contributed by atoms with E-state index in [1.807, 2.05) is 39.0 Å². The number of hydrogen-bond donors (Lipinski definition) is 2. The average molecular weight is 290 g/mol. The molecule has 1 heterocycles. The summed E-state index contributed by atoms with van der Waals surface area (Å²) in [4.78, 5) is 25.5. The standard InChI is InChI=1S/C16H22N2O3/c1-10(2)16(21)17-13-5-4-11(3)14(7-13)18-8-12(9-19)6-15(18)20/h4-5,7,10,12,19H,6,8-9H2,1-3H3,(H,17,21). The largest absolute Gasteiger partial charge is 0.396 e. The van der Waals surface area contributed by atoms with Crippen LogP contribution in [0.3, 0.4) is 0 Å². The number of carbonyl (C=O) groups is 2. The van der Waals surface area contributed by atoms with Crippen molar-refractivity contribution in [3.63, 3.8) is 0 Å². The highest BCUT2D eigenvalue weighted by atomic mass is 16.3. The Kier molecular flexibility index (Phi) is 4.63. The zero-order chi connectivity index (χ0) is 15.6.